The number of nitrogens with zero attached hydrogens (tertiary/aromatic N) is 1. The summed E-state index contributed by atoms with van der Waals surface area (Å²) in [6, 6.07) is 20.3. The number of benzene rings is 3. The summed E-state index contributed by atoms with van der Waals surface area (Å²) >= 11 is 0. The van der Waals surface area contributed by atoms with Gasteiger partial charge in [0.05, 0.1) is 5.56 Å². The maximum Gasteiger partial charge on any atom is 0.256 e. The Hall–Kier alpha value is -3.54. The second kappa shape index (κ2) is 9.08. The van der Waals surface area contributed by atoms with Gasteiger partial charge in [-0.25, -0.2) is 8.78 Å². The lowest BCUT2D eigenvalue weighted by Crippen LogP contribution is -2.46. The first-order valence-electron chi connectivity index (χ1n) is 10.2. The number of carbonyl (C=O) groups is 2. The molecule has 158 valence electrons. The average Bonchev–Trinajstić information content (AvgIpc) is 2.80. The predicted octanol–water partition coefficient (Wildman–Crippen LogP) is 4.67. The minimum absolute atomic E-state index is 0.0663. The second-order valence-electron chi connectivity index (χ2n) is 7.61. The van der Waals surface area contributed by atoms with Crippen molar-refractivity contribution in [2.45, 2.75) is 18.9 Å². The zero-order valence-electron chi connectivity index (χ0n) is 16.9. The number of carbonyl (C=O) groups excluding carboxylic acids is 2. The van der Waals surface area contributed by atoms with Gasteiger partial charge in [-0.3, -0.25) is 9.59 Å². The van der Waals surface area contributed by atoms with E-state index < -0.39 is 17.5 Å². The van der Waals surface area contributed by atoms with Gasteiger partial charge in [-0.1, -0.05) is 42.5 Å². The van der Waals surface area contributed by atoms with E-state index in [0.717, 1.165) is 17.2 Å². The lowest BCUT2D eigenvalue weighted by Gasteiger charge is -2.32. The van der Waals surface area contributed by atoms with Crippen molar-refractivity contribution in [3.05, 3.63) is 95.6 Å². The topological polar surface area (TPSA) is 49.4 Å². The Bertz CT molecular complexity index is 1080. The van der Waals surface area contributed by atoms with Gasteiger partial charge in [0, 0.05) is 30.8 Å². The molecule has 1 fully saturated rings. The smallest absolute Gasteiger partial charge is 0.256 e. The number of halogens is 2. The molecule has 0 bridgehead atoms. The molecule has 3 aromatic carbocycles. The molecule has 0 aliphatic carbocycles. The number of rotatable bonds is 4. The normalized spacial score (nSPS) is 14.3. The Balaban J connectivity index is 1.32. The van der Waals surface area contributed by atoms with Crippen molar-refractivity contribution in [2.75, 3.05) is 13.1 Å². The molecular weight excluding hydrogens is 398 g/mol. The number of hydrogen-bond acceptors (Lipinski definition) is 2. The largest absolute Gasteiger partial charge is 0.349 e. The van der Waals surface area contributed by atoms with Crippen LogP contribution in [0.5, 0.6) is 0 Å². The van der Waals surface area contributed by atoms with E-state index in [-0.39, 0.29) is 17.5 Å². The summed E-state index contributed by atoms with van der Waals surface area (Å²) in [5.41, 5.74) is 2.56. The molecule has 6 heteroatoms. The van der Waals surface area contributed by atoms with E-state index in [0.29, 0.717) is 37.6 Å². The van der Waals surface area contributed by atoms with E-state index in [9.17, 15) is 18.4 Å². The minimum atomic E-state index is -0.862. The second-order valence-corrected chi connectivity index (χ2v) is 7.61. The highest BCUT2D eigenvalue weighted by Gasteiger charge is 2.26. The molecule has 1 aliphatic rings. The van der Waals surface area contributed by atoms with Crippen LogP contribution in [-0.2, 0) is 0 Å². The molecule has 0 radical (unpaired) electrons. The first-order chi connectivity index (χ1) is 15.0. The maximum atomic E-state index is 13.9. The average molecular weight is 420 g/mol. The van der Waals surface area contributed by atoms with Crippen molar-refractivity contribution in [2.24, 2.45) is 0 Å². The Morgan fingerprint density at radius 1 is 0.839 bits per heavy atom. The predicted molar refractivity (Wildman–Crippen MR) is 115 cm³/mol. The minimum Gasteiger partial charge on any atom is -0.349 e. The summed E-state index contributed by atoms with van der Waals surface area (Å²) in [5, 5.41) is 3.01. The summed E-state index contributed by atoms with van der Waals surface area (Å²) < 4.78 is 27.0. The van der Waals surface area contributed by atoms with Crippen molar-refractivity contribution < 1.29 is 18.4 Å². The van der Waals surface area contributed by atoms with Gasteiger partial charge in [0.2, 0.25) is 0 Å². The van der Waals surface area contributed by atoms with Gasteiger partial charge in [-0.15, -0.1) is 0 Å². The van der Waals surface area contributed by atoms with Crippen LogP contribution in [0.2, 0.25) is 0 Å². The Kier molecular flexibility index (Phi) is 6.07. The van der Waals surface area contributed by atoms with Crippen LogP contribution in [0, 0.1) is 11.6 Å². The Morgan fingerprint density at radius 3 is 2.13 bits per heavy atom. The lowest BCUT2D eigenvalue weighted by atomic mass is 10.0. The fraction of sp³-hybridized carbons (Fsp3) is 0.200. The lowest BCUT2D eigenvalue weighted by molar-refractivity contribution is 0.0693. The monoisotopic (exact) mass is 420 g/mol. The van der Waals surface area contributed by atoms with Crippen LogP contribution in [0.15, 0.2) is 72.8 Å². The molecule has 1 saturated heterocycles. The van der Waals surface area contributed by atoms with Gasteiger partial charge in [0.25, 0.3) is 11.8 Å². The summed E-state index contributed by atoms with van der Waals surface area (Å²) in [6.07, 6.45) is 1.14. The molecule has 1 aliphatic heterocycles. The third-order valence-corrected chi connectivity index (χ3v) is 5.53. The third kappa shape index (κ3) is 4.79. The van der Waals surface area contributed by atoms with Crippen molar-refractivity contribution in [1.82, 2.24) is 10.2 Å². The Labute approximate surface area is 179 Å². The highest BCUT2D eigenvalue weighted by molar-refractivity contribution is 5.95. The van der Waals surface area contributed by atoms with Crippen LogP contribution >= 0.6 is 0 Å². The van der Waals surface area contributed by atoms with Crippen LogP contribution in [0.4, 0.5) is 8.78 Å². The number of piperidine rings is 1. The van der Waals surface area contributed by atoms with Gasteiger partial charge in [-0.05, 0) is 48.2 Å². The molecule has 0 saturated carbocycles. The van der Waals surface area contributed by atoms with Crippen LogP contribution in [0.25, 0.3) is 11.1 Å². The zero-order valence-corrected chi connectivity index (χ0v) is 16.9. The first kappa shape index (κ1) is 20.7. The molecule has 4 nitrogen and oxygen atoms in total. The number of hydrogen-bond donors (Lipinski definition) is 1. The van der Waals surface area contributed by atoms with Crippen molar-refractivity contribution in [3.8, 4) is 11.1 Å². The van der Waals surface area contributed by atoms with E-state index in [1.807, 2.05) is 42.5 Å². The molecule has 0 unspecified atom stereocenters. The van der Waals surface area contributed by atoms with E-state index in [2.05, 4.69) is 5.32 Å². The van der Waals surface area contributed by atoms with E-state index in [4.69, 9.17) is 0 Å². The van der Waals surface area contributed by atoms with Gasteiger partial charge in [0.1, 0.15) is 11.6 Å². The molecule has 2 amide bonds. The molecule has 31 heavy (non-hydrogen) atoms. The van der Waals surface area contributed by atoms with E-state index in [1.165, 1.54) is 11.0 Å². The van der Waals surface area contributed by atoms with Gasteiger partial charge >= 0.3 is 0 Å². The highest BCUT2D eigenvalue weighted by Crippen LogP contribution is 2.20. The zero-order chi connectivity index (χ0) is 21.8. The van der Waals surface area contributed by atoms with Crippen molar-refractivity contribution >= 4 is 11.8 Å². The molecule has 1 heterocycles. The highest BCUT2D eigenvalue weighted by atomic mass is 19.1. The summed E-state index contributed by atoms with van der Waals surface area (Å²) in [5.74, 6) is -2.20. The molecule has 1 N–H and O–H groups in total. The van der Waals surface area contributed by atoms with E-state index in [1.54, 1.807) is 12.1 Å². The molecule has 0 atom stereocenters. The maximum absolute atomic E-state index is 13.9. The summed E-state index contributed by atoms with van der Waals surface area (Å²) in [7, 11) is 0. The molecule has 4 rings (SSSR count). The standard InChI is InChI=1S/C25H22F2N2O2/c26-20-10-11-22(23(27)16-20)25(31)29-14-12-21(13-15-29)28-24(30)19-8-6-18(7-9-19)17-4-2-1-3-5-17/h1-11,16,21H,12-15H2,(H,28,30). The van der Waals surface area contributed by atoms with Gasteiger partial charge < -0.3 is 10.2 Å². The SMILES string of the molecule is O=C(NC1CCN(C(=O)c2ccc(F)cc2F)CC1)c1ccc(-c2ccccc2)cc1. The molecular formula is C25H22F2N2O2. The number of amides is 2. The first-order valence-corrected chi connectivity index (χ1v) is 10.2. The Morgan fingerprint density at radius 2 is 1.48 bits per heavy atom. The molecule has 3 aromatic rings. The van der Waals surface area contributed by atoms with Crippen molar-refractivity contribution in [1.29, 1.82) is 0 Å². The molecule has 0 spiro atoms. The van der Waals surface area contributed by atoms with Crippen molar-refractivity contribution in [3.63, 3.8) is 0 Å². The summed E-state index contributed by atoms with van der Waals surface area (Å²) in [4.78, 5) is 26.6. The fourth-order valence-electron chi connectivity index (χ4n) is 3.77. The quantitative estimate of drug-likeness (QED) is 0.667. The van der Waals surface area contributed by atoms with Gasteiger partial charge in [0.15, 0.2) is 0 Å². The van der Waals surface area contributed by atoms with Crippen LogP contribution < -0.4 is 5.32 Å². The number of nitrogens with one attached hydrogen (secondary N) is 1. The number of likely N-dealkylation sites (tertiary alicyclic amines) is 1. The fourth-order valence-corrected chi connectivity index (χ4v) is 3.77. The molecule has 0 aromatic heterocycles. The van der Waals surface area contributed by atoms with Gasteiger partial charge in [-0.2, -0.15) is 0 Å². The van der Waals surface area contributed by atoms with Crippen LogP contribution in [0.3, 0.4) is 0 Å². The van der Waals surface area contributed by atoms with Crippen LogP contribution in [0.1, 0.15) is 33.6 Å². The third-order valence-electron chi connectivity index (χ3n) is 5.53. The van der Waals surface area contributed by atoms with E-state index >= 15 is 0 Å². The van der Waals surface area contributed by atoms with Crippen LogP contribution in [-0.4, -0.2) is 35.8 Å². The summed E-state index contributed by atoms with van der Waals surface area (Å²) in [6.45, 7) is 0.793.